The minimum absolute atomic E-state index is 0. The van der Waals surface area contributed by atoms with E-state index < -0.39 is 40.0 Å². The third kappa shape index (κ3) is 24.3. The third-order valence-electron chi connectivity index (χ3n) is 15.6. The number of nitro benzene ring substituents is 1. The van der Waals surface area contributed by atoms with Gasteiger partial charge < -0.3 is 46.5 Å². The molecular weight excluding hydrogens is 1390 g/mol. The van der Waals surface area contributed by atoms with Crippen LogP contribution >= 0.6 is 11.6 Å². The van der Waals surface area contributed by atoms with Gasteiger partial charge in [0.15, 0.2) is 0 Å². The number of nitrogens with two attached hydrogens (primary N) is 2. The van der Waals surface area contributed by atoms with E-state index in [0.29, 0.717) is 63.8 Å². The summed E-state index contributed by atoms with van der Waals surface area (Å²) in [6.07, 6.45) is 19.4. The number of non-ortho nitro benzene ring substituents is 1. The molecule has 0 radical (unpaired) electrons. The number of nitro groups is 1. The van der Waals surface area contributed by atoms with Crippen LogP contribution in [0.5, 0.6) is 0 Å². The highest BCUT2D eigenvalue weighted by molar-refractivity contribution is 6.49. The number of aromatic amines is 2. The summed E-state index contributed by atoms with van der Waals surface area (Å²) < 4.78 is 3.82. The first-order valence-corrected chi connectivity index (χ1v) is 32.5. The van der Waals surface area contributed by atoms with Crippen LogP contribution in [-0.2, 0) is 33.4 Å². The summed E-state index contributed by atoms with van der Waals surface area (Å²) in [6.45, 7) is 3.04. The van der Waals surface area contributed by atoms with Crippen molar-refractivity contribution >= 4 is 124 Å². The normalized spacial score (nSPS) is 9.78. The van der Waals surface area contributed by atoms with E-state index in [4.69, 9.17) is 23.1 Å². The number of rotatable bonds is 15. The molecule has 109 heavy (non-hydrogen) atoms. The Labute approximate surface area is 639 Å². The predicted octanol–water partition coefficient (Wildman–Crippen LogP) is 19.1. The second kappa shape index (κ2) is 43.3. The summed E-state index contributed by atoms with van der Waals surface area (Å²) in [6, 6.07) is 67.7. The highest BCUT2D eigenvalue weighted by Gasteiger charge is 2.24. The van der Waals surface area contributed by atoms with Crippen LogP contribution in [0, 0.1) is 17.0 Å². The lowest BCUT2D eigenvalue weighted by atomic mass is 10.1. The Morgan fingerprint density at radius 3 is 1.20 bits per heavy atom. The molecule has 9 N–H and O–H groups in total. The van der Waals surface area contributed by atoms with E-state index in [1.165, 1.54) is 46.6 Å². The van der Waals surface area contributed by atoms with E-state index in [2.05, 4.69) is 83.1 Å². The summed E-state index contributed by atoms with van der Waals surface area (Å²) in [4.78, 5) is 107. The topological polar surface area (TPSA) is 327 Å². The number of hydrogen-bond acceptors (Lipinski definition) is 14. The van der Waals surface area contributed by atoms with Crippen molar-refractivity contribution in [1.82, 2.24) is 39.0 Å². The van der Waals surface area contributed by atoms with Gasteiger partial charge in [0.25, 0.3) is 40.8 Å². The van der Waals surface area contributed by atoms with Gasteiger partial charge in [-0.05, 0) is 120 Å². The van der Waals surface area contributed by atoms with Crippen molar-refractivity contribution < 1.29 is 33.7 Å². The fourth-order valence-corrected chi connectivity index (χ4v) is 10.6. The number of benzene rings is 7. The Hall–Kier alpha value is -14.0. The molecule has 0 aliphatic heterocycles. The van der Waals surface area contributed by atoms with Gasteiger partial charge >= 0.3 is 0 Å². The maximum absolute atomic E-state index is 12.8. The molecule has 15 rings (SSSR count). The number of aromatic nitrogens is 8. The number of anilines is 5. The fraction of sp³-hybridized carbons (Fsp3) is 0.116. The van der Waals surface area contributed by atoms with Crippen molar-refractivity contribution in [3.63, 3.8) is 0 Å². The summed E-state index contributed by atoms with van der Waals surface area (Å²) in [5.41, 5.74) is 23.2. The van der Waals surface area contributed by atoms with Crippen molar-refractivity contribution in [1.29, 1.82) is 0 Å². The van der Waals surface area contributed by atoms with Crippen molar-refractivity contribution in [2.45, 2.75) is 70.5 Å². The highest BCUT2D eigenvalue weighted by atomic mass is 35.5. The number of Topliss-reactive ketones (excluding diaryl/α,β-unsaturated/α-hetero) is 3. The summed E-state index contributed by atoms with van der Waals surface area (Å²) >= 11 is 5.58. The standard InChI is InChI=1S/C22H16N4O4.C22H18N4O2.C15H11N3O2.C8H9Cl.C8H7N.C5H6N2.6CH4/c27-21(22(28)24-16-9-11-23-12-10-16)19-14-25(20-4-2-1-3-18(19)20)13-15-5-7-17(8-6-15)26(29)30;23-16-7-5-15(6-8-16)13-26-14-19(18-3-1-2-4-20(18)26)21(27)22(28)25-17-9-11-24-12-10-17;19-14(15(20)18-10-5-7-16-8-6-10)12-9-17-13-4-2-1-3-11(12)13;1-7-2-4-8(6-9)5-3-7;1-2-4-8-7(3-1)5-6-9-8;6-5-1-3-7-4-2-5;;;;;;/h1-12,14H,13H2,(H,23,24,28);1-12,14H,13,23H2,(H,24,25,28);1-9,17H,(H,16,18,20);2-5H,6H2,1H3;1-6,9H;1-4H,(H2,6,7);6*1H4. The maximum atomic E-state index is 12.8. The first kappa shape index (κ1) is 87.4. The summed E-state index contributed by atoms with van der Waals surface area (Å²) in [5.74, 6) is -3.27. The predicted molar refractivity (Wildman–Crippen MR) is 444 cm³/mol. The fourth-order valence-electron chi connectivity index (χ4n) is 10.4. The Bertz CT molecular complexity index is 5340. The number of fused-ring (bicyclic) bond motifs is 4. The molecule has 0 saturated carbocycles. The number of amides is 3. The van der Waals surface area contributed by atoms with Crippen LogP contribution in [0.25, 0.3) is 43.6 Å². The number of halogens is 1. The molecule has 15 aromatic rings. The number of aryl methyl sites for hydroxylation is 1. The molecule has 7 aromatic carbocycles. The van der Waals surface area contributed by atoms with Gasteiger partial charge in [0.2, 0.25) is 0 Å². The molecule has 23 heteroatoms. The van der Waals surface area contributed by atoms with E-state index in [1.807, 2.05) is 118 Å². The molecule has 0 atom stereocenters. The van der Waals surface area contributed by atoms with E-state index >= 15 is 0 Å². The van der Waals surface area contributed by atoms with Crippen molar-refractivity contribution in [2.24, 2.45) is 0 Å². The number of H-pyrrole nitrogens is 2. The van der Waals surface area contributed by atoms with E-state index in [-0.39, 0.29) is 50.2 Å². The zero-order chi connectivity index (χ0) is 72.5. The number of nitrogens with zero attached hydrogens (tertiary/aromatic N) is 7. The monoisotopic (exact) mass is 1480 g/mol. The van der Waals surface area contributed by atoms with Gasteiger partial charge in [0.05, 0.1) is 21.6 Å². The van der Waals surface area contributed by atoms with Crippen molar-refractivity contribution in [3.05, 3.63) is 348 Å². The van der Waals surface area contributed by atoms with Gasteiger partial charge in [-0.15, -0.1) is 11.6 Å². The smallest absolute Gasteiger partial charge is 0.296 e. The number of carbonyl (C=O) groups excluding carboxylic acids is 6. The van der Waals surface area contributed by atoms with Gasteiger partial charge in [-0.1, -0.05) is 171 Å². The van der Waals surface area contributed by atoms with Gasteiger partial charge in [0.1, 0.15) is 0 Å². The number of alkyl halides is 1. The van der Waals surface area contributed by atoms with Crippen LogP contribution in [0.3, 0.4) is 0 Å². The maximum Gasteiger partial charge on any atom is 0.296 e. The first-order chi connectivity index (χ1) is 50.1. The lowest BCUT2D eigenvalue weighted by Gasteiger charge is -2.06. The number of pyridine rings is 4. The van der Waals surface area contributed by atoms with Crippen molar-refractivity contribution in [2.75, 3.05) is 27.4 Å². The van der Waals surface area contributed by atoms with Crippen LogP contribution in [0.4, 0.5) is 34.1 Å². The molecule has 560 valence electrons. The summed E-state index contributed by atoms with van der Waals surface area (Å²) in [7, 11) is 0. The average Bonchev–Trinajstić information content (AvgIpc) is 1.64. The van der Waals surface area contributed by atoms with Crippen LogP contribution in [-0.4, -0.2) is 79.0 Å². The average molecular weight is 1480 g/mol. The van der Waals surface area contributed by atoms with E-state index in [0.717, 1.165) is 44.1 Å². The molecular formula is C86H91ClN14O8. The highest BCUT2D eigenvalue weighted by Crippen LogP contribution is 2.27. The molecule has 0 aliphatic rings. The SMILES string of the molecule is C.C.C.C.C.C.Cc1ccc(CCl)cc1.Nc1ccc(Cn2cc(C(=O)C(=O)Nc3ccncc3)c3ccccc32)cc1.Nc1ccncc1.O=C(Nc1ccncc1)C(=O)c1c[nH]c2ccccc12.O=C(Nc1ccncc1)C(=O)c1cn(Cc2ccc([N+](=O)[O-])cc2)c2ccccc12.c1ccc2[nH]ccc2c1. The Morgan fingerprint density at radius 2 is 0.789 bits per heavy atom. The zero-order valence-electron chi connectivity index (χ0n) is 55.3. The van der Waals surface area contributed by atoms with E-state index in [1.54, 1.807) is 135 Å². The second-order valence-electron chi connectivity index (χ2n) is 22.8. The third-order valence-corrected chi connectivity index (χ3v) is 15.9. The molecule has 0 saturated heterocycles. The molecule has 0 bridgehead atoms. The lowest BCUT2D eigenvalue weighted by Crippen LogP contribution is -2.22. The number of para-hydroxylation sites is 4. The minimum atomic E-state index is -0.737. The molecule has 8 heterocycles. The first-order valence-electron chi connectivity index (χ1n) is 31.9. The van der Waals surface area contributed by atoms with Crippen LogP contribution < -0.4 is 27.4 Å². The number of nitrogen functional groups attached to an aromatic ring is 2. The quantitative estimate of drug-likeness (QED) is 0.0125. The molecule has 8 aromatic heterocycles. The molecule has 22 nitrogen and oxygen atoms in total. The van der Waals surface area contributed by atoms with Gasteiger partial charge in [-0.3, -0.25) is 58.8 Å². The molecule has 0 spiro atoms. The largest absolute Gasteiger partial charge is 0.399 e. The number of carbonyl (C=O) groups is 6. The number of hydrogen-bond donors (Lipinski definition) is 7. The Balaban J connectivity index is 0.000000293. The van der Waals surface area contributed by atoms with Crippen molar-refractivity contribution in [3.8, 4) is 0 Å². The molecule has 0 aliphatic carbocycles. The van der Waals surface area contributed by atoms with Gasteiger partial charge in [-0.2, -0.15) is 0 Å². The Morgan fingerprint density at radius 1 is 0.422 bits per heavy atom. The summed E-state index contributed by atoms with van der Waals surface area (Å²) in [5, 5.41) is 22.0. The van der Waals surface area contributed by atoms with Crippen LogP contribution in [0.15, 0.2) is 299 Å². The minimum Gasteiger partial charge on any atom is -0.399 e. The Kier molecular flexibility index (Phi) is 34.7. The lowest BCUT2D eigenvalue weighted by molar-refractivity contribution is -0.384. The van der Waals surface area contributed by atoms with Crippen LogP contribution in [0.2, 0.25) is 0 Å². The molecule has 0 unspecified atom stereocenters. The van der Waals surface area contributed by atoms with E-state index in [9.17, 15) is 38.9 Å². The number of ketones is 3. The molecule has 0 fully saturated rings. The van der Waals surface area contributed by atoms with Gasteiger partial charge in [-0.25, -0.2) is 0 Å². The molecule has 3 amide bonds. The number of nitrogens with one attached hydrogen (secondary N) is 5. The van der Waals surface area contributed by atoms with Crippen LogP contribution in [0.1, 0.15) is 97.9 Å². The second-order valence-corrected chi connectivity index (χ2v) is 23.1. The van der Waals surface area contributed by atoms with Gasteiger partial charge in [0, 0.05) is 172 Å². The zero-order valence-corrected chi connectivity index (χ0v) is 56.1.